The minimum atomic E-state index is 0. The van der Waals surface area contributed by atoms with Crippen LogP contribution in [0.2, 0.25) is 0 Å². The maximum Gasteiger partial charge on any atom is 0.177 e. The molecule has 0 atom stereocenters. The molecular formula is C17H24ClN3OS. The molecule has 1 N–H and O–H groups in total. The summed E-state index contributed by atoms with van der Waals surface area (Å²) in [6, 6.07) is 6.25. The normalized spacial score (nSPS) is 21.2. The van der Waals surface area contributed by atoms with Crippen LogP contribution in [0.1, 0.15) is 37.8 Å². The first-order chi connectivity index (χ1) is 10.9. The van der Waals surface area contributed by atoms with Crippen molar-refractivity contribution in [3.05, 3.63) is 29.3 Å². The highest BCUT2D eigenvalue weighted by Gasteiger charge is 2.39. The van der Waals surface area contributed by atoms with Crippen LogP contribution in [0.25, 0.3) is 10.6 Å². The molecule has 2 aliphatic rings. The average Bonchev–Trinajstić information content (AvgIpc) is 3.22. The third kappa shape index (κ3) is 3.48. The van der Waals surface area contributed by atoms with E-state index < -0.39 is 0 Å². The van der Waals surface area contributed by atoms with Crippen LogP contribution < -0.4 is 5.32 Å². The number of piperazine rings is 1. The highest BCUT2D eigenvalue weighted by atomic mass is 35.5. The van der Waals surface area contributed by atoms with Gasteiger partial charge < -0.3 is 9.84 Å². The van der Waals surface area contributed by atoms with Gasteiger partial charge in [0, 0.05) is 37.8 Å². The van der Waals surface area contributed by atoms with Gasteiger partial charge in [-0.2, -0.15) is 0 Å². The first-order valence-electron chi connectivity index (χ1n) is 8.31. The molecule has 2 aromatic rings. The summed E-state index contributed by atoms with van der Waals surface area (Å²) in [5, 5.41) is 9.99. The maximum absolute atomic E-state index is 5.54. The summed E-state index contributed by atoms with van der Waals surface area (Å²) < 4.78 is 5.54. The summed E-state index contributed by atoms with van der Waals surface area (Å²) in [5.41, 5.74) is 1.41. The quantitative estimate of drug-likeness (QED) is 0.907. The Morgan fingerprint density at radius 2 is 2.17 bits per heavy atom. The van der Waals surface area contributed by atoms with Gasteiger partial charge in [0.25, 0.3) is 0 Å². The molecule has 0 unspecified atom stereocenters. The molecule has 0 aromatic carbocycles. The molecular weight excluding hydrogens is 330 g/mol. The topological polar surface area (TPSA) is 41.3 Å². The molecule has 1 saturated heterocycles. The van der Waals surface area contributed by atoms with Gasteiger partial charge >= 0.3 is 0 Å². The Morgan fingerprint density at radius 3 is 2.96 bits per heavy atom. The number of nitrogens with one attached hydrogen (secondary N) is 1. The van der Waals surface area contributed by atoms with Crippen LogP contribution in [0.5, 0.6) is 0 Å². The second-order valence-electron chi connectivity index (χ2n) is 6.54. The van der Waals surface area contributed by atoms with Gasteiger partial charge in [0.05, 0.1) is 10.6 Å². The van der Waals surface area contributed by atoms with Gasteiger partial charge in [0.2, 0.25) is 0 Å². The summed E-state index contributed by atoms with van der Waals surface area (Å²) in [6.07, 6.45) is 6.74. The number of nitrogens with zero attached hydrogens (tertiary/aromatic N) is 2. The lowest BCUT2D eigenvalue weighted by molar-refractivity contribution is 0.0193. The van der Waals surface area contributed by atoms with Gasteiger partial charge in [-0.3, -0.25) is 4.90 Å². The zero-order valence-corrected chi connectivity index (χ0v) is 14.9. The molecule has 2 aromatic heterocycles. The Kier molecular flexibility index (Phi) is 5.42. The number of halogens is 1. The standard InChI is InChI=1S/C17H23N3OS.ClH/c1-2-6-17(7-3-1)13-18-8-9-20(17)12-14-11-15(21-19-14)16-5-4-10-22-16;/h4-5,10-11,18H,1-3,6-9,12-13H2;1H. The van der Waals surface area contributed by atoms with Crippen molar-refractivity contribution in [2.24, 2.45) is 0 Å². The summed E-state index contributed by atoms with van der Waals surface area (Å²) in [7, 11) is 0. The van der Waals surface area contributed by atoms with Gasteiger partial charge in [-0.1, -0.05) is 30.5 Å². The van der Waals surface area contributed by atoms with E-state index in [1.54, 1.807) is 11.3 Å². The van der Waals surface area contributed by atoms with E-state index in [0.29, 0.717) is 5.54 Å². The van der Waals surface area contributed by atoms with Crippen LogP contribution in [-0.2, 0) is 6.54 Å². The summed E-state index contributed by atoms with van der Waals surface area (Å²) in [5.74, 6) is 0.901. The number of thiophene rings is 1. The first-order valence-corrected chi connectivity index (χ1v) is 9.19. The van der Waals surface area contributed by atoms with Gasteiger partial charge in [-0.15, -0.1) is 23.7 Å². The molecule has 3 heterocycles. The predicted octanol–water partition coefficient (Wildman–Crippen LogP) is 3.93. The van der Waals surface area contributed by atoms with E-state index in [2.05, 4.69) is 39.0 Å². The van der Waals surface area contributed by atoms with E-state index in [9.17, 15) is 0 Å². The van der Waals surface area contributed by atoms with Crippen LogP contribution in [0, 0.1) is 0 Å². The highest BCUT2D eigenvalue weighted by Crippen LogP contribution is 2.36. The van der Waals surface area contributed by atoms with Crippen molar-refractivity contribution < 1.29 is 4.52 Å². The molecule has 2 fully saturated rings. The average molecular weight is 354 g/mol. The molecule has 4 nitrogen and oxygen atoms in total. The maximum atomic E-state index is 5.54. The van der Waals surface area contributed by atoms with Crippen molar-refractivity contribution in [3.63, 3.8) is 0 Å². The number of hydrogen-bond donors (Lipinski definition) is 1. The van der Waals surface area contributed by atoms with Crippen LogP contribution in [0.4, 0.5) is 0 Å². The number of hydrogen-bond acceptors (Lipinski definition) is 5. The fourth-order valence-corrected chi connectivity index (χ4v) is 4.62. The van der Waals surface area contributed by atoms with Crippen molar-refractivity contribution in [2.75, 3.05) is 19.6 Å². The van der Waals surface area contributed by atoms with E-state index in [1.165, 1.54) is 32.1 Å². The zero-order valence-electron chi connectivity index (χ0n) is 13.3. The Bertz CT molecular complexity index is 599. The molecule has 1 aliphatic heterocycles. The zero-order chi connectivity index (χ0) is 14.8. The molecule has 126 valence electrons. The lowest BCUT2D eigenvalue weighted by Crippen LogP contribution is -2.61. The van der Waals surface area contributed by atoms with Crippen molar-refractivity contribution in [1.29, 1.82) is 0 Å². The second kappa shape index (κ2) is 7.34. The monoisotopic (exact) mass is 353 g/mol. The molecule has 6 heteroatoms. The van der Waals surface area contributed by atoms with Crippen LogP contribution >= 0.6 is 23.7 Å². The molecule has 1 saturated carbocycles. The summed E-state index contributed by atoms with van der Waals surface area (Å²) in [6.45, 7) is 4.23. The minimum Gasteiger partial charge on any atom is -0.355 e. The Balaban J connectivity index is 0.00000156. The van der Waals surface area contributed by atoms with E-state index in [4.69, 9.17) is 4.52 Å². The molecule has 0 amide bonds. The van der Waals surface area contributed by atoms with Crippen molar-refractivity contribution >= 4 is 23.7 Å². The van der Waals surface area contributed by atoms with E-state index in [1.807, 2.05) is 0 Å². The van der Waals surface area contributed by atoms with E-state index in [-0.39, 0.29) is 12.4 Å². The van der Waals surface area contributed by atoms with Crippen molar-refractivity contribution in [2.45, 2.75) is 44.2 Å². The molecule has 0 bridgehead atoms. The van der Waals surface area contributed by atoms with Gasteiger partial charge in [0.1, 0.15) is 0 Å². The first kappa shape index (κ1) is 17.0. The lowest BCUT2D eigenvalue weighted by atomic mass is 9.79. The van der Waals surface area contributed by atoms with Crippen LogP contribution in [0.15, 0.2) is 28.1 Å². The largest absolute Gasteiger partial charge is 0.355 e. The summed E-state index contributed by atoms with van der Waals surface area (Å²) >= 11 is 1.70. The molecule has 0 radical (unpaired) electrons. The third-order valence-corrected chi connectivity index (χ3v) is 6.03. The van der Waals surface area contributed by atoms with E-state index in [0.717, 1.165) is 42.5 Å². The molecule has 23 heavy (non-hydrogen) atoms. The number of rotatable bonds is 3. The SMILES string of the molecule is Cl.c1csc(-c2cc(CN3CCNCC34CCCCC4)no2)c1. The minimum absolute atomic E-state index is 0. The Morgan fingerprint density at radius 1 is 1.30 bits per heavy atom. The summed E-state index contributed by atoms with van der Waals surface area (Å²) in [4.78, 5) is 3.81. The second-order valence-corrected chi connectivity index (χ2v) is 7.49. The molecule has 1 spiro atoms. The highest BCUT2D eigenvalue weighted by molar-refractivity contribution is 7.13. The van der Waals surface area contributed by atoms with Crippen LogP contribution in [-0.4, -0.2) is 35.2 Å². The predicted molar refractivity (Wildman–Crippen MR) is 96.2 cm³/mol. The Labute approximate surface area is 147 Å². The molecule has 1 aliphatic carbocycles. The van der Waals surface area contributed by atoms with E-state index >= 15 is 0 Å². The smallest absolute Gasteiger partial charge is 0.177 e. The van der Waals surface area contributed by atoms with Crippen molar-refractivity contribution in [3.8, 4) is 10.6 Å². The fraction of sp³-hybridized carbons (Fsp3) is 0.588. The van der Waals surface area contributed by atoms with Crippen LogP contribution in [0.3, 0.4) is 0 Å². The molecule has 4 rings (SSSR count). The lowest BCUT2D eigenvalue weighted by Gasteiger charge is -2.49. The fourth-order valence-electron chi connectivity index (χ4n) is 3.95. The number of aromatic nitrogens is 1. The van der Waals surface area contributed by atoms with Gasteiger partial charge in [-0.05, 0) is 24.3 Å². The van der Waals surface area contributed by atoms with Gasteiger partial charge in [-0.25, -0.2) is 0 Å². The Hall–Kier alpha value is -0.880. The third-order valence-electron chi connectivity index (χ3n) is 5.14. The van der Waals surface area contributed by atoms with Crippen molar-refractivity contribution in [1.82, 2.24) is 15.4 Å². The van der Waals surface area contributed by atoms with Gasteiger partial charge in [0.15, 0.2) is 5.76 Å².